The molecule has 13 aromatic rings. The maximum absolute atomic E-state index is 6.67. The highest BCUT2D eigenvalue weighted by atomic mass is 16.3. The van der Waals surface area contributed by atoms with E-state index in [1.54, 1.807) is 0 Å². The average molecular weight is 810 g/mol. The van der Waals surface area contributed by atoms with Crippen LogP contribution in [-0.2, 0) is 0 Å². The molecule has 0 amide bonds. The molecule has 0 saturated heterocycles. The Labute approximate surface area is 358 Å². The second kappa shape index (κ2) is 13.9. The van der Waals surface area contributed by atoms with Gasteiger partial charge in [-0.1, -0.05) is 140 Å². The molecule has 0 radical (unpaired) electrons. The van der Waals surface area contributed by atoms with Gasteiger partial charge in [-0.3, -0.25) is 0 Å². The quantitative estimate of drug-likeness (QED) is 0.164. The number of rotatable bonds is 6. The summed E-state index contributed by atoms with van der Waals surface area (Å²) in [6, 6.07) is 63.0. The molecule has 8 heteroatoms. The van der Waals surface area contributed by atoms with E-state index < -0.39 is 0 Å². The van der Waals surface area contributed by atoms with Crippen LogP contribution in [0.5, 0.6) is 0 Å². The van der Waals surface area contributed by atoms with Crippen LogP contribution in [0.15, 0.2) is 201 Å². The maximum Gasteiger partial charge on any atom is 0.180 e. The van der Waals surface area contributed by atoms with E-state index in [1.807, 2.05) is 127 Å². The normalized spacial score (nSPS) is 11.8. The van der Waals surface area contributed by atoms with Crippen LogP contribution in [0.25, 0.3) is 134 Å². The first-order chi connectivity index (χ1) is 31.2. The molecule has 0 saturated carbocycles. The van der Waals surface area contributed by atoms with Gasteiger partial charge in [0.2, 0.25) is 0 Å². The Morgan fingerprint density at radius 2 is 0.825 bits per heavy atom. The lowest BCUT2D eigenvalue weighted by atomic mass is 9.99. The van der Waals surface area contributed by atoms with E-state index in [2.05, 4.69) is 60.7 Å². The van der Waals surface area contributed by atoms with Gasteiger partial charge in [0.25, 0.3) is 0 Å². The van der Waals surface area contributed by atoms with Gasteiger partial charge >= 0.3 is 0 Å². The Bertz CT molecular complexity index is 3910. The highest BCUT2D eigenvalue weighted by Crippen LogP contribution is 2.41. The van der Waals surface area contributed by atoms with Crippen LogP contribution in [0.2, 0.25) is 0 Å². The van der Waals surface area contributed by atoms with Crippen molar-refractivity contribution < 1.29 is 13.3 Å². The van der Waals surface area contributed by atoms with E-state index in [9.17, 15) is 0 Å². The average Bonchev–Trinajstić information content (AvgIpc) is 4.05. The van der Waals surface area contributed by atoms with Crippen LogP contribution >= 0.6 is 0 Å². The molecular formula is C55H31N5O3. The van der Waals surface area contributed by atoms with Crippen LogP contribution in [0.4, 0.5) is 0 Å². The fourth-order valence-electron chi connectivity index (χ4n) is 8.73. The molecule has 63 heavy (non-hydrogen) atoms. The molecule has 0 unspecified atom stereocenters. The molecular weight excluding hydrogens is 779 g/mol. The standard InChI is InChI=1S/C55H31N5O3/c1-4-13-32(14-5-1)49-51-50(57-52(56-49)33-15-6-2-7-16-33)40-27-23-36(30-47(40)63-51)35-25-28-44-42(29-35)48-41(20-12-22-45(48)61-44)55-59-53(34-17-8-3-9-18-34)58-54(60-55)37-24-26-39-38-19-10-11-21-43(38)62-46(39)31-37/h1-31H. The summed E-state index contributed by atoms with van der Waals surface area (Å²) >= 11 is 0. The molecule has 294 valence electrons. The fraction of sp³-hybridized carbons (Fsp3) is 0. The smallest absolute Gasteiger partial charge is 0.180 e. The lowest BCUT2D eigenvalue weighted by Crippen LogP contribution is -2.00. The van der Waals surface area contributed by atoms with Crippen LogP contribution in [-0.4, -0.2) is 24.9 Å². The molecule has 0 aliphatic carbocycles. The summed E-state index contributed by atoms with van der Waals surface area (Å²) < 4.78 is 19.5. The van der Waals surface area contributed by atoms with E-state index in [0.29, 0.717) is 28.9 Å². The molecule has 0 spiro atoms. The van der Waals surface area contributed by atoms with E-state index >= 15 is 0 Å². The third-order valence-corrected chi connectivity index (χ3v) is 11.8. The van der Waals surface area contributed by atoms with Crippen molar-refractivity contribution in [2.75, 3.05) is 0 Å². The third kappa shape index (κ3) is 5.80. The van der Waals surface area contributed by atoms with Crippen molar-refractivity contribution in [2.24, 2.45) is 0 Å². The highest BCUT2D eigenvalue weighted by molar-refractivity contribution is 6.13. The molecule has 0 aliphatic heterocycles. The SMILES string of the molecule is c1ccc(-c2nc(-c3ccc4c(c3)oc3ccccc34)nc(-c3cccc4oc5ccc(-c6ccc7c(c6)oc6c(-c8ccccc8)nc(-c8ccccc8)nc67)cc5c34)n2)cc1. The van der Waals surface area contributed by atoms with E-state index in [-0.39, 0.29) is 0 Å². The number of para-hydroxylation sites is 1. The summed E-state index contributed by atoms with van der Waals surface area (Å²) in [4.78, 5) is 25.4. The van der Waals surface area contributed by atoms with E-state index in [0.717, 1.165) is 105 Å². The molecule has 5 aromatic heterocycles. The molecule has 13 rings (SSSR count). The minimum Gasteiger partial charge on any atom is -0.456 e. The minimum absolute atomic E-state index is 0.538. The molecule has 8 nitrogen and oxygen atoms in total. The van der Waals surface area contributed by atoms with Gasteiger partial charge in [-0.2, -0.15) is 0 Å². The summed E-state index contributed by atoms with van der Waals surface area (Å²) in [6.45, 7) is 0. The van der Waals surface area contributed by atoms with Gasteiger partial charge in [-0.15, -0.1) is 0 Å². The zero-order valence-corrected chi connectivity index (χ0v) is 33.4. The number of hydrogen-bond acceptors (Lipinski definition) is 8. The largest absolute Gasteiger partial charge is 0.456 e. The van der Waals surface area contributed by atoms with Crippen molar-refractivity contribution in [3.05, 3.63) is 188 Å². The molecule has 0 atom stereocenters. The van der Waals surface area contributed by atoms with Crippen molar-refractivity contribution in [3.8, 4) is 67.9 Å². The molecule has 0 bridgehead atoms. The zero-order chi connectivity index (χ0) is 41.4. The van der Waals surface area contributed by atoms with Crippen LogP contribution in [0, 0.1) is 0 Å². The summed E-state index contributed by atoms with van der Waals surface area (Å²) in [5.74, 6) is 2.30. The summed E-state index contributed by atoms with van der Waals surface area (Å²) in [5.41, 5.74) is 12.5. The number of nitrogens with zero attached hydrogens (tertiary/aromatic N) is 5. The predicted molar refractivity (Wildman–Crippen MR) is 250 cm³/mol. The van der Waals surface area contributed by atoms with Gasteiger partial charge in [0.05, 0.1) is 0 Å². The lowest BCUT2D eigenvalue weighted by molar-refractivity contribution is 0.667. The highest BCUT2D eigenvalue weighted by Gasteiger charge is 2.21. The Balaban J connectivity index is 0.960. The summed E-state index contributed by atoms with van der Waals surface area (Å²) in [7, 11) is 0. The van der Waals surface area contributed by atoms with Crippen molar-refractivity contribution in [1.82, 2.24) is 24.9 Å². The van der Waals surface area contributed by atoms with Crippen LogP contribution in [0.3, 0.4) is 0 Å². The Morgan fingerprint density at radius 1 is 0.286 bits per heavy atom. The molecule has 0 aliphatic rings. The molecule has 5 heterocycles. The zero-order valence-electron chi connectivity index (χ0n) is 33.4. The van der Waals surface area contributed by atoms with Gasteiger partial charge in [0.1, 0.15) is 39.1 Å². The van der Waals surface area contributed by atoms with Gasteiger partial charge in [-0.05, 0) is 59.7 Å². The van der Waals surface area contributed by atoms with Crippen LogP contribution < -0.4 is 0 Å². The third-order valence-electron chi connectivity index (χ3n) is 11.8. The first-order valence-corrected chi connectivity index (χ1v) is 20.7. The monoisotopic (exact) mass is 809 g/mol. The number of hydrogen-bond donors (Lipinski definition) is 0. The number of furan rings is 3. The lowest BCUT2D eigenvalue weighted by Gasteiger charge is -2.09. The van der Waals surface area contributed by atoms with E-state index in [1.165, 1.54) is 0 Å². The Kier molecular flexibility index (Phi) is 7.74. The van der Waals surface area contributed by atoms with Crippen molar-refractivity contribution in [2.45, 2.75) is 0 Å². The number of benzene rings is 8. The second-order valence-corrected chi connectivity index (χ2v) is 15.6. The van der Waals surface area contributed by atoms with Gasteiger partial charge < -0.3 is 13.3 Å². The molecule has 0 N–H and O–H groups in total. The van der Waals surface area contributed by atoms with Gasteiger partial charge in [0.15, 0.2) is 28.9 Å². The fourth-order valence-corrected chi connectivity index (χ4v) is 8.73. The second-order valence-electron chi connectivity index (χ2n) is 15.6. The van der Waals surface area contributed by atoms with E-state index in [4.69, 9.17) is 38.2 Å². The van der Waals surface area contributed by atoms with Gasteiger partial charge in [0, 0.05) is 54.7 Å². The number of aromatic nitrogens is 5. The van der Waals surface area contributed by atoms with Crippen LogP contribution in [0.1, 0.15) is 0 Å². The maximum atomic E-state index is 6.67. The van der Waals surface area contributed by atoms with Crippen molar-refractivity contribution in [3.63, 3.8) is 0 Å². The summed E-state index contributed by atoms with van der Waals surface area (Å²) in [6.07, 6.45) is 0. The minimum atomic E-state index is 0.538. The topological polar surface area (TPSA) is 104 Å². The first-order valence-electron chi connectivity index (χ1n) is 20.7. The molecule has 0 fully saturated rings. The van der Waals surface area contributed by atoms with Gasteiger partial charge in [-0.25, -0.2) is 24.9 Å². The Morgan fingerprint density at radius 3 is 1.62 bits per heavy atom. The number of fused-ring (bicyclic) bond motifs is 9. The van der Waals surface area contributed by atoms with Crippen molar-refractivity contribution in [1.29, 1.82) is 0 Å². The van der Waals surface area contributed by atoms with Crippen molar-refractivity contribution >= 4 is 65.9 Å². The summed E-state index contributed by atoms with van der Waals surface area (Å²) in [5, 5.41) is 4.89. The Hall–Kier alpha value is -8.75. The predicted octanol–water partition coefficient (Wildman–Crippen LogP) is 14.4. The first kappa shape index (κ1) is 35.0. The molecule has 8 aromatic carbocycles.